The normalized spacial score (nSPS) is 22.0. The van der Waals surface area contributed by atoms with Gasteiger partial charge in [0.05, 0.1) is 0 Å². The smallest absolute Gasteiger partial charge is 0.250 e. The summed E-state index contributed by atoms with van der Waals surface area (Å²) in [5.74, 6) is 0.430. The fourth-order valence-corrected chi connectivity index (χ4v) is 3.76. The van der Waals surface area contributed by atoms with Gasteiger partial charge in [0.15, 0.2) is 0 Å². The number of nitrogens with one attached hydrogen (secondary N) is 2. The summed E-state index contributed by atoms with van der Waals surface area (Å²) >= 11 is 1.25. The number of hydrogen-bond donors (Lipinski definition) is 2. The summed E-state index contributed by atoms with van der Waals surface area (Å²) in [5, 5.41) is 4.98. The Hall–Kier alpha value is -0.430. The van der Waals surface area contributed by atoms with Crippen LogP contribution in [-0.2, 0) is 10.0 Å². The molecule has 84 valence electrons. The fourth-order valence-electron chi connectivity index (χ4n) is 1.60. The summed E-state index contributed by atoms with van der Waals surface area (Å²) in [5.41, 5.74) is 0. The number of hydrogen-bond acceptors (Lipinski definition) is 4. The monoisotopic (exact) mass is 246 g/mol. The fraction of sp³-hybridized carbons (Fsp3) is 0.556. The highest BCUT2D eigenvalue weighted by atomic mass is 32.2. The van der Waals surface area contributed by atoms with Crippen molar-refractivity contribution in [3.05, 3.63) is 17.5 Å². The van der Waals surface area contributed by atoms with E-state index in [2.05, 4.69) is 10.0 Å². The molecule has 1 aromatic heterocycles. The maximum atomic E-state index is 11.7. The molecule has 1 atom stereocenters. The van der Waals surface area contributed by atoms with Gasteiger partial charge in [-0.15, -0.1) is 11.3 Å². The first-order valence-electron chi connectivity index (χ1n) is 4.92. The Labute approximate surface area is 93.8 Å². The average molecular weight is 246 g/mol. The zero-order valence-corrected chi connectivity index (χ0v) is 9.90. The molecule has 0 radical (unpaired) electrons. The molecule has 0 spiro atoms. The lowest BCUT2D eigenvalue weighted by Gasteiger charge is -2.09. The second kappa shape index (κ2) is 4.61. The van der Waals surface area contributed by atoms with Crippen molar-refractivity contribution in [2.24, 2.45) is 5.92 Å². The molecular formula is C9H14N2O2S2. The SMILES string of the molecule is O=S(=O)(NCC1CCNC1)c1cccs1. The minimum atomic E-state index is -3.26. The van der Waals surface area contributed by atoms with Crippen LogP contribution >= 0.6 is 11.3 Å². The van der Waals surface area contributed by atoms with Crippen molar-refractivity contribution >= 4 is 21.4 Å². The Kier molecular flexibility index (Phi) is 3.40. The van der Waals surface area contributed by atoms with E-state index in [0.29, 0.717) is 16.7 Å². The number of thiophene rings is 1. The van der Waals surface area contributed by atoms with Gasteiger partial charge in [-0.05, 0) is 36.9 Å². The van der Waals surface area contributed by atoms with Crippen molar-refractivity contribution in [2.45, 2.75) is 10.6 Å². The first-order chi connectivity index (χ1) is 7.18. The number of rotatable bonds is 4. The largest absolute Gasteiger partial charge is 0.316 e. The van der Waals surface area contributed by atoms with E-state index in [9.17, 15) is 8.42 Å². The minimum absolute atomic E-state index is 0.397. The molecule has 6 heteroatoms. The maximum Gasteiger partial charge on any atom is 0.250 e. The standard InChI is InChI=1S/C9H14N2O2S2/c12-15(13,9-2-1-5-14-9)11-7-8-3-4-10-6-8/h1-2,5,8,10-11H,3-4,6-7H2. The van der Waals surface area contributed by atoms with Crippen molar-refractivity contribution < 1.29 is 8.42 Å². The number of sulfonamides is 1. The van der Waals surface area contributed by atoms with E-state index in [4.69, 9.17) is 0 Å². The quantitative estimate of drug-likeness (QED) is 0.819. The molecule has 2 heterocycles. The molecule has 2 rings (SSSR count). The van der Waals surface area contributed by atoms with Crippen LogP contribution in [0.5, 0.6) is 0 Å². The molecule has 0 bridgehead atoms. The Morgan fingerprint density at radius 3 is 3.07 bits per heavy atom. The van der Waals surface area contributed by atoms with Gasteiger partial charge in [-0.25, -0.2) is 13.1 Å². The molecule has 1 aliphatic heterocycles. The van der Waals surface area contributed by atoms with E-state index in [-0.39, 0.29) is 0 Å². The highest BCUT2D eigenvalue weighted by molar-refractivity contribution is 7.91. The molecule has 4 nitrogen and oxygen atoms in total. The molecule has 0 aliphatic carbocycles. The molecule has 1 saturated heterocycles. The molecule has 15 heavy (non-hydrogen) atoms. The Bertz CT molecular complexity index is 394. The van der Waals surface area contributed by atoms with Crippen LogP contribution in [0.15, 0.2) is 21.7 Å². The summed E-state index contributed by atoms with van der Waals surface area (Å²) < 4.78 is 26.5. The molecule has 0 amide bonds. The molecule has 0 aromatic carbocycles. The van der Waals surface area contributed by atoms with Gasteiger partial charge in [-0.1, -0.05) is 6.07 Å². The van der Waals surface area contributed by atoms with Crippen LogP contribution in [0.3, 0.4) is 0 Å². The van der Waals surface area contributed by atoms with E-state index in [0.717, 1.165) is 19.5 Å². The summed E-state index contributed by atoms with van der Waals surface area (Å²) in [6.07, 6.45) is 1.05. The zero-order chi connectivity index (χ0) is 10.7. The lowest BCUT2D eigenvalue weighted by atomic mass is 10.1. The Morgan fingerprint density at radius 1 is 1.60 bits per heavy atom. The van der Waals surface area contributed by atoms with Crippen molar-refractivity contribution in [1.82, 2.24) is 10.0 Å². The highest BCUT2D eigenvalue weighted by Crippen LogP contribution is 2.16. The third-order valence-electron chi connectivity index (χ3n) is 2.48. The lowest BCUT2D eigenvalue weighted by molar-refractivity contribution is 0.540. The molecule has 2 N–H and O–H groups in total. The van der Waals surface area contributed by atoms with E-state index in [1.807, 2.05) is 0 Å². The third-order valence-corrected chi connectivity index (χ3v) is 5.31. The molecule has 1 fully saturated rings. The van der Waals surface area contributed by atoms with Gasteiger partial charge < -0.3 is 5.32 Å². The molecule has 1 aliphatic rings. The highest BCUT2D eigenvalue weighted by Gasteiger charge is 2.19. The summed E-state index contributed by atoms with van der Waals surface area (Å²) in [4.78, 5) is 0. The van der Waals surface area contributed by atoms with Crippen molar-refractivity contribution in [3.8, 4) is 0 Å². The van der Waals surface area contributed by atoms with Gasteiger partial charge in [0.2, 0.25) is 10.0 Å². The van der Waals surface area contributed by atoms with E-state index in [1.54, 1.807) is 17.5 Å². The third kappa shape index (κ3) is 2.78. The zero-order valence-electron chi connectivity index (χ0n) is 8.27. The van der Waals surface area contributed by atoms with Gasteiger partial charge in [-0.3, -0.25) is 0 Å². The van der Waals surface area contributed by atoms with Crippen LogP contribution in [0.4, 0.5) is 0 Å². The van der Waals surface area contributed by atoms with E-state index in [1.165, 1.54) is 11.3 Å². The topological polar surface area (TPSA) is 58.2 Å². The van der Waals surface area contributed by atoms with Crippen LogP contribution in [0, 0.1) is 5.92 Å². The van der Waals surface area contributed by atoms with Gasteiger partial charge in [0.25, 0.3) is 0 Å². The lowest BCUT2D eigenvalue weighted by Crippen LogP contribution is -2.29. The summed E-state index contributed by atoms with van der Waals surface area (Å²) in [6, 6.07) is 3.37. The van der Waals surface area contributed by atoms with Crippen LogP contribution in [0.2, 0.25) is 0 Å². The van der Waals surface area contributed by atoms with E-state index < -0.39 is 10.0 Å². The molecule has 0 saturated carbocycles. The second-order valence-corrected chi connectivity index (χ2v) is 6.58. The Morgan fingerprint density at radius 2 is 2.47 bits per heavy atom. The molecule has 1 unspecified atom stereocenters. The van der Waals surface area contributed by atoms with Gasteiger partial charge in [0.1, 0.15) is 4.21 Å². The van der Waals surface area contributed by atoms with Crippen molar-refractivity contribution in [1.29, 1.82) is 0 Å². The van der Waals surface area contributed by atoms with Crippen LogP contribution in [0.1, 0.15) is 6.42 Å². The van der Waals surface area contributed by atoms with Gasteiger partial charge >= 0.3 is 0 Å². The average Bonchev–Trinajstić information content (AvgIpc) is 2.88. The molecular weight excluding hydrogens is 232 g/mol. The van der Waals surface area contributed by atoms with Crippen LogP contribution in [-0.4, -0.2) is 28.1 Å². The summed E-state index contributed by atoms with van der Waals surface area (Å²) in [7, 11) is -3.26. The van der Waals surface area contributed by atoms with Crippen molar-refractivity contribution in [3.63, 3.8) is 0 Å². The molecule has 1 aromatic rings. The van der Waals surface area contributed by atoms with Gasteiger partial charge in [0, 0.05) is 6.54 Å². The van der Waals surface area contributed by atoms with Crippen LogP contribution < -0.4 is 10.0 Å². The summed E-state index contributed by atoms with van der Waals surface area (Å²) in [6.45, 7) is 2.44. The first kappa shape index (κ1) is 11.1. The minimum Gasteiger partial charge on any atom is -0.316 e. The van der Waals surface area contributed by atoms with Gasteiger partial charge in [-0.2, -0.15) is 0 Å². The Balaban J connectivity index is 1.93. The van der Waals surface area contributed by atoms with Crippen LogP contribution in [0.25, 0.3) is 0 Å². The van der Waals surface area contributed by atoms with Crippen molar-refractivity contribution in [2.75, 3.05) is 19.6 Å². The maximum absolute atomic E-state index is 11.7. The predicted molar refractivity (Wildman–Crippen MR) is 60.5 cm³/mol. The predicted octanol–water partition coefficient (Wildman–Crippen LogP) is 0.636. The second-order valence-electron chi connectivity index (χ2n) is 3.64. The van der Waals surface area contributed by atoms with E-state index >= 15 is 0 Å². The first-order valence-corrected chi connectivity index (χ1v) is 7.28.